The number of carbonyl (C=O) groups excluding carboxylic acids is 1. The second-order valence-electron chi connectivity index (χ2n) is 4.87. The predicted octanol–water partition coefficient (Wildman–Crippen LogP) is 1.25. The Hall–Kier alpha value is -0.980. The molecule has 0 aliphatic carbocycles. The van der Waals surface area contributed by atoms with E-state index in [4.69, 9.17) is 4.74 Å². The van der Waals surface area contributed by atoms with Crippen molar-refractivity contribution in [1.82, 2.24) is 15.6 Å². The smallest absolute Gasteiger partial charge is 0.227 e. The molecule has 1 aromatic rings. The van der Waals surface area contributed by atoms with Gasteiger partial charge >= 0.3 is 0 Å². The first kappa shape index (κ1) is 14.4. The van der Waals surface area contributed by atoms with Crippen LogP contribution in [0.2, 0.25) is 0 Å². The maximum absolute atomic E-state index is 12.3. The van der Waals surface area contributed by atoms with Crippen LogP contribution in [0.1, 0.15) is 30.6 Å². The number of hydrogen-bond acceptors (Lipinski definition) is 5. The average molecular weight is 283 g/mol. The van der Waals surface area contributed by atoms with E-state index in [0.29, 0.717) is 13.2 Å². The number of aryl methyl sites for hydroxylation is 1. The Morgan fingerprint density at radius 2 is 2.42 bits per heavy atom. The van der Waals surface area contributed by atoms with Crippen molar-refractivity contribution in [1.29, 1.82) is 0 Å². The Morgan fingerprint density at radius 1 is 1.63 bits per heavy atom. The number of likely N-dealkylation sites (N-methyl/N-ethyl adjacent to an activating group) is 1. The normalized spacial score (nSPS) is 24.4. The number of amides is 1. The summed E-state index contributed by atoms with van der Waals surface area (Å²) in [5.74, 6) is -0.0627. The van der Waals surface area contributed by atoms with E-state index < -0.39 is 0 Å². The van der Waals surface area contributed by atoms with Crippen molar-refractivity contribution in [3.8, 4) is 0 Å². The van der Waals surface area contributed by atoms with Gasteiger partial charge in [-0.05, 0) is 20.4 Å². The zero-order valence-electron chi connectivity index (χ0n) is 11.6. The molecule has 3 atom stereocenters. The summed E-state index contributed by atoms with van der Waals surface area (Å²) in [5, 5.41) is 9.27. The lowest BCUT2D eigenvalue weighted by molar-refractivity contribution is -0.126. The lowest BCUT2D eigenvalue weighted by atomic mass is 10.0. The van der Waals surface area contributed by atoms with E-state index in [1.165, 1.54) is 0 Å². The van der Waals surface area contributed by atoms with Gasteiger partial charge in [-0.2, -0.15) is 0 Å². The highest BCUT2D eigenvalue weighted by atomic mass is 32.1. The number of nitrogens with zero attached hydrogens (tertiary/aromatic N) is 1. The van der Waals surface area contributed by atoms with Gasteiger partial charge in [0.2, 0.25) is 5.91 Å². The minimum Gasteiger partial charge on any atom is -0.379 e. The summed E-state index contributed by atoms with van der Waals surface area (Å²) >= 11 is 1.58. The van der Waals surface area contributed by atoms with Gasteiger partial charge in [-0.15, -0.1) is 11.3 Å². The lowest BCUT2D eigenvalue weighted by Crippen LogP contribution is -2.44. The molecule has 2 heterocycles. The van der Waals surface area contributed by atoms with Gasteiger partial charge in [0.15, 0.2) is 0 Å². The first-order valence-electron chi connectivity index (χ1n) is 6.65. The molecule has 2 N–H and O–H groups in total. The zero-order chi connectivity index (χ0) is 13.8. The lowest BCUT2D eigenvalue weighted by Gasteiger charge is -2.20. The fourth-order valence-electron chi connectivity index (χ4n) is 2.23. The molecule has 2 rings (SSSR count). The van der Waals surface area contributed by atoms with Gasteiger partial charge in [0.1, 0.15) is 5.01 Å². The van der Waals surface area contributed by atoms with Crippen molar-refractivity contribution in [2.45, 2.75) is 32.9 Å². The summed E-state index contributed by atoms with van der Waals surface area (Å²) in [6, 6.07) is 0.0734. The number of thiazole rings is 1. The molecular formula is C13H21N3O2S. The minimum atomic E-state index is -0.108. The number of ether oxygens (including phenoxy) is 1. The Kier molecular flexibility index (Phi) is 4.90. The number of rotatable bonds is 5. The Labute approximate surface area is 117 Å². The van der Waals surface area contributed by atoms with Gasteiger partial charge in [0.05, 0.1) is 25.2 Å². The second-order valence-corrected chi connectivity index (χ2v) is 5.76. The quantitative estimate of drug-likeness (QED) is 0.854. The molecule has 1 amide bonds. The van der Waals surface area contributed by atoms with E-state index in [1.807, 2.05) is 26.2 Å². The molecule has 1 fully saturated rings. The molecule has 3 unspecified atom stereocenters. The van der Waals surface area contributed by atoms with Gasteiger partial charge in [-0.1, -0.05) is 6.92 Å². The third-order valence-electron chi connectivity index (χ3n) is 3.25. The predicted molar refractivity (Wildman–Crippen MR) is 75.2 cm³/mol. The molecule has 0 radical (unpaired) electrons. The molecule has 1 aliphatic heterocycles. The van der Waals surface area contributed by atoms with E-state index in [1.54, 1.807) is 11.3 Å². The van der Waals surface area contributed by atoms with Crippen LogP contribution in [0.25, 0.3) is 0 Å². The van der Waals surface area contributed by atoms with Crippen LogP contribution < -0.4 is 10.6 Å². The summed E-state index contributed by atoms with van der Waals surface area (Å²) in [5.41, 5.74) is 0.996. The van der Waals surface area contributed by atoms with Crippen molar-refractivity contribution in [3.05, 3.63) is 16.1 Å². The van der Waals surface area contributed by atoms with Crippen molar-refractivity contribution in [2.24, 2.45) is 5.92 Å². The van der Waals surface area contributed by atoms with Crippen LogP contribution in [0, 0.1) is 12.8 Å². The van der Waals surface area contributed by atoms with Crippen LogP contribution in [0.3, 0.4) is 0 Å². The number of nitrogens with one attached hydrogen (secondary N) is 2. The second kappa shape index (κ2) is 6.45. The highest BCUT2D eigenvalue weighted by Gasteiger charge is 2.34. The third-order valence-corrected chi connectivity index (χ3v) is 4.39. The maximum atomic E-state index is 12.3. The van der Waals surface area contributed by atoms with Crippen LogP contribution in [0.4, 0.5) is 0 Å². The van der Waals surface area contributed by atoms with Gasteiger partial charge < -0.3 is 15.4 Å². The molecule has 0 aromatic carbocycles. The maximum Gasteiger partial charge on any atom is 0.227 e. The van der Waals surface area contributed by atoms with Crippen molar-refractivity contribution in [2.75, 3.05) is 19.8 Å². The minimum absolute atomic E-state index is 0.0452. The fraction of sp³-hybridized carbons (Fsp3) is 0.692. The molecule has 6 heteroatoms. The summed E-state index contributed by atoms with van der Waals surface area (Å²) in [7, 11) is 0. The standard InChI is InChI=1S/C13H21N3O2S/c1-4-14-11-6-18-5-10(11)12(17)16-9(3)13-15-8(2)7-19-13/h7,9-11,14H,4-6H2,1-3H3,(H,16,17). The summed E-state index contributed by atoms with van der Waals surface area (Å²) in [6.45, 7) is 7.91. The zero-order valence-corrected chi connectivity index (χ0v) is 12.4. The average Bonchev–Trinajstić information content (AvgIpc) is 2.98. The molecule has 0 bridgehead atoms. The number of carbonyl (C=O) groups is 1. The molecule has 1 saturated heterocycles. The van der Waals surface area contributed by atoms with Gasteiger partial charge in [0, 0.05) is 17.1 Å². The number of aromatic nitrogens is 1. The molecule has 19 heavy (non-hydrogen) atoms. The molecule has 0 saturated carbocycles. The van der Waals surface area contributed by atoms with E-state index >= 15 is 0 Å². The molecule has 0 spiro atoms. The Bertz CT molecular complexity index is 435. The molecule has 5 nitrogen and oxygen atoms in total. The summed E-state index contributed by atoms with van der Waals surface area (Å²) in [4.78, 5) is 16.7. The third kappa shape index (κ3) is 3.52. The monoisotopic (exact) mass is 283 g/mol. The molecule has 1 aliphatic rings. The van der Waals surface area contributed by atoms with Crippen LogP contribution in [0.5, 0.6) is 0 Å². The van der Waals surface area contributed by atoms with Crippen LogP contribution in [-0.4, -0.2) is 36.7 Å². The van der Waals surface area contributed by atoms with E-state index in [2.05, 4.69) is 15.6 Å². The van der Waals surface area contributed by atoms with Gasteiger partial charge in [-0.25, -0.2) is 4.98 Å². The highest BCUT2D eigenvalue weighted by Crippen LogP contribution is 2.20. The van der Waals surface area contributed by atoms with Crippen molar-refractivity contribution in [3.63, 3.8) is 0 Å². The van der Waals surface area contributed by atoms with E-state index in [-0.39, 0.29) is 23.9 Å². The molecular weight excluding hydrogens is 262 g/mol. The topological polar surface area (TPSA) is 63.2 Å². The highest BCUT2D eigenvalue weighted by molar-refractivity contribution is 7.09. The Morgan fingerprint density at radius 3 is 3.05 bits per heavy atom. The fourth-order valence-corrected chi connectivity index (χ4v) is 3.03. The van der Waals surface area contributed by atoms with Gasteiger partial charge in [-0.3, -0.25) is 4.79 Å². The largest absolute Gasteiger partial charge is 0.379 e. The first-order valence-corrected chi connectivity index (χ1v) is 7.53. The number of hydrogen-bond donors (Lipinski definition) is 2. The van der Waals surface area contributed by atoms with Crippen molar-refractivity contribution < 1.29 is 9.53 Å². The molecule has 106 valence electrons. The van der Waals surface area contributed by atoms with Crippen LogP contribution in [-0.2, 0) is 9.53 Å². The SMILES string of the molecule is CCNC1COCC1C(=O)NC(C)c1nc(C)cs1. The van der Waals surface area contributed by atoms with Crippen molar-refractivity contribution >= 4 is 17.2 Å². The van der Waals surface area contributed by atoms with Crippen LogP contribution in [0.15, 0.2) is 5.38 Å². The van der Waals surface area contributed by atoms with Crippen LogP contribution >= 0.6 is 11.3 Å². The summed E-state index contributed by atoms with van der Waals surface area (Å²) < 4.78 is 5.40. The van der Waals surface area contributed by atoms with Gasteiger partial charge in [0.25, 0.3) is 0 Å². The first-order chi connectivity index (χ1) is 9.11. The molecule has 1 aromatic heterocycles. The van der Waals surface area contributed by atoms with E-state index in [0.717, 1.165) is 17.2 Å². The van der Waals surface area contributed by atoms with E-state index in [9.17, 15) is 4.79 Å². The summed E-state index contributed by atoms with van der Waals surface area (Å²) in [6.07, 6.45) is 0. The Balaban J connectivity index is 1.93.